The molecule has 0 atom stereocenters. The van der Waals surface area contributed by atoms with E-state index in [2.05, 4.69) is 6.58 Å². The summed E-state index contributed by atoms with van der Waals surface area (Å²) < 4.78 is 0. The van der Waals surface area contributed by atoms with Gasteiger partial charge in [0.25, 0.3) is 11.8 Å². The van der Waals surface area contributed by atoms with Crippen molar-refractivity contribution in [2.75, 3.05) is 11.4 Å². The summed E-state index contributed by atoms with van der Waals surface area (Å²) >= 11 is 0. The summed E-state index contributed by atoms with van der Waals surface area (Å²) in [5.41, 5.74) is 3.27. The van der Waals surface area contributed by atoms with Gasteiger partial charge in [0.05, 0.1) is 11.1 Å². The zero-order chi connectivity index (χ0) is 22.1. The third-order valence-corrected chi connectivity index (χ3v) is 6.64. The van der Waals surface area contributed by atoms with Gasteiger partial charge in [0.1, 0.15) is 5.69 Å². The van der Waals surface area contributed by atoms with Gasteiger partial charge in [-0.25, -0.2) is 4.98 Å². The van der Waals surface area contributed by atoms with Crippen molar-refractivity contribution in [2.45, 2.75) is 44.7 Å². The molecule has 1 saturated carbocycles. The first-order valence-corrected chi connectivity index (χ1v) is 11.4. The summed E-state index contributed by atoms with van der Waals surface area (Å²) in [6.07, 6.45) is 7.30. The van der Waals surface area contributed by atoms with Crippen LogP contribution >= 0.6 is 0 Å². The van der Waals surface area contributed by atoms with Crippen LogP contribution in [0.5, 0.6) is 0 Å². The van der Waals surface area contributed by atoms with Crippen molar-refractivity contribution in [3.8, 4) is 0 Å². The number of para-hydroxylation sites is 2. The summed E-state index contributed by atoms with van der Waals surface area (Å²) in [5.74, 6) is -0.161. The van der Waals surface area contributed by atoms with Gasteiger partial charge in [-0.05, 0) is 31.0 Å². The monoisotopic (exact) mass is 425 g/mol. The quantitative estimate of drug-likeness (QED) is 0.518. The van der Waals surface area contributed by atoms with Crippen LogP contribution in [0.4, 0.5) is 5.69 Å². The summed E-state index contributed by atoms with van der Waals surface area (Å²) in [5, 5.41) is 0.791. The van der Waals surface area contributed by atoms with Gasteiger partial charge < -0.3 is 9.80 Å². The number of amides is 2. The van der Waals surface area contributed by atoms with E-state index >= 15 is 0 Å². The number of carbonyl (C=O) groups is 2. The molecular formula is C27H27N3O2. The van der Waals surface area contributed by atoms with Crippen molar-refractivity contribution in [3.05, 3.63) is 84.1 Å². The van der Waals surface area contributed by atoms with Crippen molar-refractivity contribution < 1.29 is 9.59 Å². The van der Waals surface area contributed by atoms with Crippen LogP contribution in [-0.2, 0) is 6.54 Å². The van der Waals surface area contributed by atoms with E-state index in [4.69, 9.17) is 4.98 Å². The molecule has 1 aliphatic carbocycles. The standard InChI is InChI=1S/C27H27N3O2/c1-2-17-29(19-11-5-3-6-12-19)26(31)24-21-15-9-10-16-23(21)28-25-22(24)18-30(27(25)32)20-13-7-4-8-14-20/h2-3,5-6,9-12,15-16,20H,1,4,7-8,13-14,17-18H2. The minimum absolute atomic E-state index is 0.0401. The SMILES string of the molecule is C=CCN(C(=O)c1c2c(nc3ccccc13)C(=O)N(C1CCCCC1)C2)c1ccccc1. The van der Waals surface area contributed by atoms with Gasteiger partial charge in [-0.2, -0.15) is 0 Å². The van der Waals surface area contributed by atoms with E-state index in [0.29, 0.717) is 29.9 Å². The maximum atomic E-state index is 14.0. The Morgan fingerprint density at radius 2 is 1.78 bits per heavy atom. The van der Waals surface area contributed by atoms with Gasteiger partial charge in [0, 0.05) is 35.8 Å². The lowest BCUT2D eigenvalue weighted by molar-refractivity contribution is 0.0655. The third kappa shape index (κ3) is 3.48. The summed E-state index contributed by atoms with van der Waals surface area (Å²) in [6.45, 7) is 4.69. The van der Waals surface area contributed by atoms with Crippen LogP contribution in [0, 0.1) is 0 Å². The number of anilines is 1. The number of aromatic nitrogens is 1. The zero-order valence-corrected chi connectivity index (χ0v) is 18.2. The van der Waals surface area contributed by atoms with Gasteiger partial charge in [-0.15, -0.1) is 6.58 Å². The largest absolute Gasteiger partial charge is 0.330 e. The summed E-state index contributed by atoms with van der Waals surface area (Å²) in [6, 6.07) is 17.5. The number of benzene rings is 2. The molecule has 2 amide bonds. The number of hydrogen-bond donors (Lipinski definition) is 0. The molecule has 1 aliphatic heterocycles. The molecule has 5 heteroatoms. The maximum Gasteiger partial charge on any atom is 0.273 e. The predicted octanol–water partition coefficient (Wildman–Crippen LogP) is 5.36. The molecule has 1 aromatic heterocycles. The first-order valence-electron chi connectivity index (χ1n) is 11.4. The Balaban J connectivity index is 1.64. The Bertz CT molecular complexity index is 1180. The van der Waals surface area contributed by atoms with Gasteiger partial charge in [0.15, 0.2) is 0 Å². The highest BCUT2D eigenvalue weighted by atomic mass is 16.2. The summed E-state index contributed by atoms with van der Waals surface area (Å²) in [7, 11) is 0. The molecule has 2 aromatic carbocycles. The molecule has 32 heavy (non-hydrogen) atoms. The Morgan fingerprint density at radius 3 is 2.53 bits per heavy atom. The third-order valence-electron chi connectivity index (χ3n) is 6.64. The van der Waals surface area contributed by atoms with E-state index in [9.17, 15) is 9.59 Å². The van der Waals surface area contributed by atoms with Crippen LogP contribution in [0.2, 0.25) is 0 Å². The van der Waals surface area contributed by atoms with Crippen molar-refractivity contribution in [1.29, 1.82) is 0 Å². The van der Waals surface area contributed by atoms with Crippen LogP contribution in [0.1, 0.15) is 58.5 Å². The lowest BCUT2D eigenvalue weighted by atomic mass is 9.94. The molecule has 1 fully saturated rings. The van der Waals surface area contributed by atoms with Gasteiger partial charge >= 0.3 is 0 Å². The lowest BCUT2D eigenvalue weighted by Gasteiger charge is -2.30. The molecule has 5 rings (SSSR count). The molecular weight excluding hydrogens is 398 g/mol. The molecule has 2 aliphatic rings. The Labute approximate surface area is 188 Å². The first-order chi connectivity index (χ1) is 15.7. The van der Waals surface area contributed by atoms with Crippen molar-refractivity contribution in [3.63, 3.8) is 0 Å². The molecule has 0 spiro atoms. The number of fused-ring (bicyclic) bond motifs is 2. The number of pyridine rings is 1. The van der Waals surface area contributed by atoms with Gasteiger partial charge in [-0.1, -0.05) is 61.7 Å². The van der Waals surface area contributed by atoms with Crippen molar-refractivity contribution >= 4 is 28.4 Å². The van der Waals surface area contributed by atoms with E-state index in [1.54, 1.807) is 11.0 Å². The molecule has 162 valence electrons. The summed E-state index contributed by atoms with van der Waals surface area (Å²) in [4.78, 5) is 35.8. The molecule has 5 nitrogen and oxygen atoms in total. The zero-order valence-electron chi connectivity index (χ0n) is 18.2. The molecule has 3 aromatic rings. The second kappa shape index (κ2) is 8.58. The van der Waals surface area contributed by atoms with E-state index < -0.39 is 0 Å². The van der Waals surface area contributed by atoms with Crippen molar-refractivity contribution in [2.24, 2.45) is 0 Å². The fourth-order valence-electron chi connectivity index (χ4n) is 5.07. The van der Waals surface area contributed by atoms with E-state index in [0.717, 1.165) is 42.3 Å². The van der Waals surface area contributed by atoms with E-state index in [-0.39, 0.29) is 17.9 Å². The fourth-order valence-corrected chi connectivity index (χ4v) is 5.07. The van der Waals surface area contributed by atoms with Crippen LogP contribution in [0.3, 0.4) is 0 Å². The molecule has 2 heterocycles. The normalized spacial score (nSPS) is 16.2. The van der Waals surface area contributed by atoms with E-state index in [1.165, 1.54) is 6.42 Å². The maximum absolute atomic E-state index is 14.0. The Kier molecular flexibility index (Phi) is 5.48. The topological polar surface area (TPSA) is 53.5 Å². The molecule has 0 unspecified atom stereocenters. The van der Waals surface area contributed by atoms with Crippen LogP contribution in [0.15, 0.2) is 67.3 Å². The second-order valence-corrected chi connectivity index (χ2v) is 8.60. The average Bonchev–Trinajstić information content (AvgIpc) is 3.17. The van der Waals surface area contributed by atoms with Crippen LogP contribution in [-0.4, -0.2) is 34.3 Å². The second-order valence-electron chi connectivity index (χ2n) is 8.60. The number of hydrogen-bond acceptors (Lipinski definition) is 3. The minimum atomic E-state index is -0.121. The van der Waals surface area contributed by atoms with Gasteiger partial charge in [-0.3, -0.25) is 9.59 Å². The highest BCUT2D eigenvalue weighted by Crippen LogP contribution is 2.35. The number of rotatable bonds is 5. The number of nitrogens with zero attached hydrogens (tertiary/aromatic N) is 3. The Hall–Kier alpha value is -3.47. The minimum Gasteiger partial charge on any atom is -0.330 e. The molecule has 0 saturated heterocycles. The highest BCUT2D eigenvalue weighted by molar-refractivity contribution is 6.17. The number of carbonyl (C=O) groups excluding carboxylic acids is 2. The smallest absolute Gasteiger partial charge is 0.273 e. The Morgan fingerprint density at radius 1 is 1.06 bits per heavy atom. The first kappa shape index (κ1) is 20.4. The molecule has 0 radical (unpaired) electrons. The van der Waals surface area contributed by atoms with Crippen LogP contribution in [0.25, 0.3) is 10.9 Å². The molecule has 0 bridgehead atoms. The van der Waals surface area contributed by atoms with Gasteiger partial charge in [0.2, 0.25) is 0 Å². The highest BCUT2D eigenvalue weighted by Gasteiger charge is 2.38. The van der Waals surface area contributed by atoms with Crippen LogP contribution < -0.4 is 4.90 Å². The fraction of sp³-hybridized carbons (Fsp3) is 0.296. The molecule has 0 N–H and O–H groups in total. The van der Waals surface area contributed by atoms with E-state index in [1.807, 2.05) is 59.5 Å². The van der Waals surface area contributed by atoms with Crippen molar-refractivity contribution in [1.82, 2.24) is 9.88 Å². The predicted molar refractivity (Wildman–Crippen MR) is 127 cm³/mol. The average molecular weight is 426 g/mol. The lowest BCUT2D eigenvalue weighted by Crippen LogP contribution is -2.37.